The van der Waals surface area contributed by atoms with Gasteiger partial charge in [-0.3, -0.25) is 0 Å². The van der Waals surface area contributed by atoms with Crippen LogP contribution in [0.3, 0.4) is 0 Å². The van der Waals surface area contributed by atoms with Gasteiger partial charge in [0.1, 0.15) is 11.6 Å². The smallest absolute Gasteiger partial charge is 0.191 e. The van der Waals surface area contributed by atoms with Crippen LogP contribution in [-0.4, -0.2) is 39.6 Å². The SMILES string of the molecule is CCNC(=NCc1ccc(-n2ccnc2C)c(F)c1)NCC1CCCS1. The molecule has 1 aliphatic rings. The van der Waals surface area contributed by atoms with E-state index in [0.29, 0.717) is 17.5 Å². The summed E-state index contributed by atoms with van der Waals surface area (Å²) in [6.45, 7) is 6.06. The Labute approximate surface area is 158 Å². The van der Waals surface area contributed by atoms with Gasteiger partial charge in [-0.05, 0) is 50.1 Å². The van der Waals surface area contributed by atoms with Crippen LogP contribution in [0, 0.1) is 12.7 Å². The van der Waals surface area contributed by atoms with Gasteiger partial charge < -0.3 is 15.2 Å². The predicted molar refractivity (Wildman–Crippen MR) is 107 cm³/mol. The highest BCUT2D eigenvalue weighted by Gasteiger charge is 2.15. The number of aryl methyl sites for hydroxylation is 1. The molecule has 26 heavy (non-hydrogen) atoms. The molecule has 1 atom stereocenters. The third-order valence-corrected chi connectivity index (χ3v) is 5.78. The third kappa shape index (κ3) is 4.78. The van der Waals surface area contributed by atoms with Crippen LogP contribution < -0.4 is 10.6 Å². The van der Waals surface area contributed by atoms with Gasteiger partial charge in [-0.2, -0.15) is 11.8 Å². The van der Waals surface area contributed by atoms with Gasteiger partial charge in [0.15, 0.2) is 5.96 Å². The molecule has 3 rings (SSSR count). The normalized spacial score (nSPS) is 17.5. The fourth-order valence-electron chi connectivity index (χ4n) is 3.00. The molecule has 1 saturated heterocycles. The molecule has 0 saturated carbocycles. The second-order valence-corrected chi connectivity index (χ2v) is 7.75. The Morgan fingerprint density at radius 1 is 1.42 bits per heavy atom. The minimum atomic E-state index is -0.265. The molecule has 2 heterocycles. The molecule has 0 amide bonds. The van der Waals surface area contributed by atoms with Gasteiger partial charge in [0, 0.05) is 30.7 Å². The molecule has 1 fully saturated rings. The number of imidazole rings is 1. The van der Waals surface area contributed by atoms with Gasteiger partial charge in [-0.15, -0.1) is 0 Å². The van der Waals surface area contributed by atoms with Crippen LogP contribution in [0.15, 0.2) is 35.6 Å². The standard InChI is InChI=1S/C19H26FN5S/c1-3-21-19(24-13-16-5-4-10-26-16)23-12-15-6-7-18(17(20)11-15)25-9-8-22-14(25)2/h6-9,11,16H,3-5,10,12-13H2,1-2H3,(H2,21,23,24). The Morgan fingerprint density at radius 2 is 2.31 bits per heavy atom. The van der Waals surface area contributed by atoms with Crippen molar-refractivity contribution in [3.05, 3.63) is 47.8 Å². The van der Waals surface area contributed by atoms with E-state index in [9.17, 15) is 4.39 Å². The topological polar surface area (TPSA) is 54.2 Å². The van der Waals surface area contributed by atoms with Crippen molar-refractivity contribution in [1.29, 1.82) is 0 Å². The van der Waals surface area contributed by atoms with Gasteiger partial charge in [0.2, 0.25) is 0 Å². The summed E-state index contributed by atoms with van der Waals surface area (Å²) in [5.41, 5.74) is 1.35. The highest BCUT2D eigenvalue weighted by molar-refractivity contribution is 8.00. The fraction of sp³-hybridized carbons (Fsp3) is 0.474. The van der Waals surface area contributed by atoms with Crippen molar-refractivity contribution in [2.45, 2.75) is 38.5 Å². The first kappa shape index (κ1) is 18.8. The average molecular weight is 376 g/mol. The summed E-state index contributed by atoms with van der Waals surface area (Å²) in [4.78, 5) is 8.74. The molecule has 2 aromatic rings. The predicted octanol–water partition coefficient (Wildman–Crippen LogP) is 3.27. The molecule has 0 spiro atoms. The minimum Gasteiger partial charge on any atom is -0.357 e. The molecule has 0 aliphatic carbocycles. The van der Waals surface area contributed by atoms with E-state index in [1.807, 2.05) is 31.7 Å². The maximum absolute atomic E-state index is 14.5. The molecule has 1 unspecified atom stereocenters. The average Bonchev–Trinajstić information content (AvgIpc) is 3.29. The Balaban J connectivity index is 1.65. The van der Waals surface area contributed by atoms with Gasteiger partial charge in [0.05, 0.1) is 12.2 Å². The van der Waals surface area contributed by atoms with Crippen LogP contribution in [0.2, 0.25) is 0 Å². The van der Waals surface area contributed by atoms with Gasteiger partial charge >= 0.3 is 0 Å². The van der Waals surface area contributed by atoms with Crippen molar-refractivity contribution in [3.63, 3.8) is 0 Å². The molecule has 1 aromatic heterocycles. The van der Waals surface area contributed by atoms with E-state index in [0.717, 1.165) is 30.4 Å². The van der Waals surface area contributed by atoms with Crippen LogP contribution in [-0.2, 0) is 6.54 Å². The number of thioether (sulfide) groups is 1. The third-order valence-electron chi connectivity index (χ3n) is 4.38. The fourth-order valence-corrected chi connectivity index (χ4v) is 4.21. The number of hydrogen-bond donors (Lipinski definition) is 2. The highest BCUT2D eigenvalue weighted by atomic mass is 32.2. The number of nitrogens with one attached hydrogen (secondary N) is 2. The summed E-state index contributed by atoms with van der Waals surface area (Å²) < 4.78 is 16.2. The summed E-state index contributed by atoms with van der Waals surface area (Å²) in [6.07, 6.45) is 5.99. The Bertz CT molecular complexity index is 752. The zero-order chi connectivity index (χ0) is 18.4. The monoisotopic (exact) mass is 375 g/mol. The van der Waals surface area contributed by atoms with E-state index in [-0.39, 0.29) is 5.82 Å². The molecule has 5 nitrogen and oxygen atoms in total. The number of halogens is 1. The summed E-state index contributed by atoms with van der Waals surface area (Å²) >= 11 is 2.02. The number of rotatable bonds is 6. The van der Waals surface area contributed by atoms with E-state index in [2.05, 4.69) is 20.6 Å². The lowest BCUT2D eigenvalue weighted by molar-refractivity contribution is 0.614. The van der Waals surface area contributed by atoms with Crippen LogP contribution >= 0.6 is 11.8 Å². The molecule has 2 N–H and O–H groups in total. The van der Waals surface area contributed by atoms with Crippen LogP contribution in [0.25, 0.3) is 5.69 Å². The zero-order valence-corrected chi connectivity index (χ0v) is 16.2. The van der Waals surface area contributed by atoms with Crippen molar-refractivity contribution in [2.24, 2.45) is 4.99 Å². The summed E-state index contributed by atoms with van der Waals surface area (Å²) in [5, 5.41) is 7.32. The molecular weight excluding hydrogens is 349 g/mol. The lowest BCUT2D eigenvalue weighted by Gasteiger charge is -2.14. The van der Waals surface area contributed by atoms with E-state index >= 15 is 0 Å². The van der Waals surface area contributed by atoms with Crippen molar-refractivity contribution >= 4 is 17.7 Å². The molecule has 140 valence electrons. The molecule has 0 radical (unpaired) electrons. The summed E-state index contributed by atoms with van der Waals surface area (Å²) in [6, 6.07) is 5.25. The number of aromatic nitrogens is 2. The summed E-state index contributed by atoms with van der Waals surface area (Å²) in [7, 11) is 0. The minimum absolute atomic E-state index is 0.265. The quantitative estimate of drug-likeness (QED) is 0.601. The summed E-state index contributed by atoms with van der Waals surface area (Å²) in [5.74, 6) is 2.54. The van der Waals surface area contributed by atoms with E-state index in [4.69, 9.17) is 0 Å². The zero-order valence-electron chi connectivity index (χ0n) is 15.3. The number of guanidine groups is 1. The largest absolute Gasteiger partial charge is 0.357 e. The van der Waals surface area contributed by atoms with Crippen molar-refractivity contribution in [1.82, 2.24) is 20.2 Å². The van der Waals surface area contributed by atoms with Crippen molar-refractivity contribution in [3.8, 4) is 5.69 Å². The molecule has 1 aliphatic heterocycles. The molecule has 7 heteroatoms. The van der Waals surface area contributed by atoms with Crippen LogP contribution in [0.1, 0.15) is 31.2 Å². The number of nitrogens with zero attached hydrogens (tertiary/aromatic N) is 3. The molecule has 1 aromatic carbocycles. The maximum Gasteiger partial charge on any atom is 0.191 e. The number of aliphatic imine (C=N–C) groups is 1. The second-order valence-electron chi connectivity index (χ2n) is 6.34. The number of hydrogen-bond acceptors (Lipinski definition) is 3. The highest BCUT2D eigenvalue weighted by Crippen LogP contribution is 2.25. The van der Waals surface area contributed by atoms with Gasteiger partial charge in [-0.1, -0.05) is 6.07 Å². The van der Waals surface area contributed by atoms with E-state index in [1.54, 1.807) is 29.1 Å². The first-order valence-electron chi connectivity index (χ1n) is 9.10. The van der Waals surface area contributed by atoms with Crippen LogP contribution in [0.4, 0.5) is 4.39 Å². The van der Waals surface area contributed by atoms with E-state index in [1.165, 1.54) is 18.6 Å². The van der Waals surface area contributed by atoms with Crippen molar-refractivity contribution < 1.29 is 4.39 Å². The lowest BCUT2D eigenvalue weighted by atomic mass is 10.2. The van der Waals surface area contributed by atoms with E-state index < -0.39 is 0 Å². The van der Waals surface area contributed by atoms with Crippen LogP contribution in [0.5, 0.6) is 0 Å². The van der Waals surface area contributed by atoms with Gasteiger partial charge in [0.25, 0.3) is 0 Å². The molecule has 0 bridgehead atoms. The second kappa shape index (κ2) is 9.07. The van der Waals surface area contributed by atoms with Gasteiger partial charge in [-0.25, -0.2) is 14.4 Å². The number of benzene rings is 1. The Kier molecular flexibility index (Phi) is 6.55. The van der Waals surface area contributed by atoms with Crippen molar-refractivity contribution in [2.75, 3.05) is 18.8 Å². The Hall–Kier alpha value is -2.02. The Morgan fingerprint density at radius 3 is 2.96 bits per heavy atom. The lowest BCUT2D eigenvalue weighted by Crippen LogP contribution is -2.40. The first-order valence-corrected chi connectivity index (χ1v) is 10.1. The maximum atomic E-state index is 14.5. The first-order chi connectivity index (χ1) is 12.7. The molecular formula is C19H26FN5S.